The van der Waals surface area contributed by atoms with E-state index >= 15 is 0 Å². The number of carbonyl (C=O) groups excluding carboxylic acids is 1. The first-order chi connectivity index (χ1) is 10.9. The number of amides is 2. The number of anilines is 2. The number of aliphatic carboxylic acids is 1. The minimum Gasteiger partial charge on any atom is -0.482 e. The molecule has 0 aliphatic rings. The van der Waals surface area contributed by atoms with Crippen LogP contribution in [0.15, 0.2) is 42.5 Å². The van der Waals surface area contributed by atoms with Crippen LogP contribution < -0.4 is 15.4 Å². The number of halogens is 2. The van der Waals surface area contributed by atoms with Gasteiger partial charge in [0.1, 0.15) is 5.75 Å². The summed E-state index contributed by atoms with van der Waals surface area (Å²) in [6.07, 6.45) is 0. The maximum Gasteiger partial charge on any atom is 0.341 e. The maximum atomic E-state index is 11.9. The van der Waals surface area contributed by atoms with Crippen LogP contribution in [0.1, 0.15) is 0 Å². The lowest BCUT2D eigenvalue weighted by molar-refractivity contribution is -0.139. The van der Waals surface area contributed by atoms with Crippen LogP contribution >= 0.6 is 23.2 Å². The molecule has 0 atom stereocenters. The fourth-order valence-corrected chi connectivity index (χ4v) is 2.11. The minimum atomic E-state index is -1.06. The first-order valence-corrected chi connectivity index (χ1v) is 7.17. The van der Waals surface area contributed by atoms with Crippen LogP contribution in [0, 0.1) is 0 Å². The van der Waals surface area contributed by atoms with E-state index in [4.69, 9.17) is 33.0 Å². The van der Waals surface area contributed by atoms with E-state index in [1.165, 1.54) is 6.07 Å². The van der Waals surface area contributed by atoms with Gasteiger partial charge in [-0.2, -0.15) is 0 Å². The van der Waals surface area contributed by atoms with Crippen molar-refractivity contribution < 1.29 is 19.4 Å². The molecular formula is C15H12Cl2N2O4. The summed E-state index contributed by atoms with van der Waals surface area (Å²) in [5, 5.41) is 14.5. The predicted octanol–water partition coefficient (Wildman–Crippen LogP) is 4.10. The number of carboxylic acid groups (broad SMARTS) is 1. The Morgan fingerprint density at radius 3 is 2.35 bits per heavy atom. The van der Waals surface area contributed by atoms with Crippen LogP contribution in [-0.4, -0.2) is 23.7 Å². The number of ether oxygens (including phenoxy) is 1. The number of rotatable bonds is 5. The standard InChI is InChI=1S/C15H12Cl2N2O4/c16-9-1-6-13(12(17)7-9)19-15(22)18-10-2-4-11(5-3-10)23-8-14(20)21/h1-7H,8H2,(H,20,21)(H2,18,19,22). The average Bonchev–Trinajstić information content (AvgIpc) is 2.49. The Balaban J connectivity index is 1.93. The number of nitrogens with one attached hydrogen (secondary N) is 2. The molecule has 120 valence electrons. The molecule has 0 spiro atoms. The van der Waals surface area contributed by atoms with Gasteiger partial charge in [-0.3, -0.25) is 0 Å². The molecule has 2 amide bonds. The second-order valence-corrected chi connectivity index (χ2v) is 5.25. The normalized spacial score (nSPS) is 10.0. The van der Waals surface area contributed by atoms with Gasteiger partial charge < -0.3 is 20.5 Å². The Bertz CT molecular complexity index is 720. The lowest BCUT2D eigenvalue weighted by atomic mass is 10.3. The molecule has 3 N–H and O–H groups in total. The van der Waals surface area contributed by atoms with Crippen molar-refractivity contribution >= 4 is 46.6 Å². The lowest BCUT2D eigenvalue weighted by Gasteiger charge is -2.10. The van der Waals surface area contributed by atoms with Crippen molar-refractivity contribution in [3.05, 3.63) is 52.5 Å². The van der Waals surface area contributed by atoms with Crippen LogP contribution in [-0.2, 0) is 4.79 Å². The zero-order chi connectivity index (χ0) is 16.8. The monoisotopic (exact) mass is 354 g/mol. The molecule has 0 bridgehead atoms. The fourth-order valence-electron chi connectivity index (χ4n) is 1.66. The lowest BCUT2D eigenvalue weighted by Crippen LogP contribution is -2.19. The van der Waals surface area contributed by atoms with Crippen LogP contribution in [0.25, 0.3) is 0 Å². The van der Waals surface area contributed by atoms with Gasteiger partial charge in [-0.25, -0.2) is 9.59 Å². The Kier molecular flexibility index (Phi) is 5.67. The summed E-state index contributed by atoms with van der Waals surface area (Å²) < 4.78 is 4.99. The summed E-state index contributed by atoms with van der Waals surface area (Å²) in [6.45, 7) is -0.428. The van der Waals surface area contributed by atoms with E-state index in [9.17, 15) is 9.59 Å². The second-order valence-electron chi connectivity index (χ2n) is 4.41. The minimum absolute atomic E-state index is 0.324. The van der Waals surface area contributed by atoms with Crippen molar-refractivity contribution in [3.8, 4) is 5.75 Å². The zero-order valence-electron chi connectivity index (χ0n) is 11.7. The van der Waals surface area contributed by atoms with E-state index in [2.05, 4.69) is 10.6 Å². The third-order valence-electron chi connectivity index (χ3n) is 2.65. The number of carboxylic acids is 1. The van der Waals surface area contributed by atoms with Gasteiger partial charge in [0.2, 0.25) is 0 Å². The number of benzene rings is 2. The van der Waals surface area contributed by atoms with E-state index < -0.39 is 18.6 Å². The molecule has 2 rings (SSSR count). The molecular weight excluding hydrogens is 343 g/mol. The summed E-state index contributed by atoms with van der Waals surface area (Å²) in [7, 11) is 0. The van der Waals surface area contributed by atoms with E-state index in [1.54, 1.807) is 36.4 Å². The quantitative estimate of drug-likeness (QED) is 0.754. The highest BCUT2D eigenvalue weighted by atomic mass is 35.5. The van der Waals surface area contributed by atoms with Gasteiger partial charge in [0.25, 0.3) is 0 Å². The smallest absolute Gasteiger partial charge is 0.341 e. The summed E-state index contributed by atoms with van der Waals surface area (Å²) >= 11 is 11.7. The zero-order valence-corrected chi connectivity index (χ0v) is 13.2. The first-order valence-electron chi connectivity index (χ1n) is 6.42. The molecule has 0 fully saturated rings. The number of carbonyl (C=O) groups is 2. The molecule has 2 aromatic rings. The Morgan fingerprint density at radius 1 is 1.04 bits per heavy atom. The topological polar surface area (TPSA) is 87.7 Å². The van der Waals surface area contributed by atoms with Crippen molar-refractivity contribution in [3.63, 3.8) is 0 Å². The SMILES string of the molecule is O=C(O)COc1ccc(NC(=O)Nc2ccc(Cl)cc2Cl)cc1. The molecule has 0 aliphatic carbocycles. The number of urea groups is 1. The van der Waals surface area contributed by atoms with Gasteiger partial charge in [-0.1, -0.05) is 23.2 Å². The van der Waals surface area contributed by atoms with Crippen molar-refractivity contribution in [1.29, 1.82) is 0 Å². The summed E-state index contributed by atoms with van der Waals surface area (Å²) in [6, 6.07) is 10.5. The highest BCUT2D eigenvalue weighted by Crippen LogP contribution is 2.25. The van der Waals surface area contributed by atoms with E-state index in [-0.39, 0.29) is 0 Å². The van der Waals surface area contributed by atoms with Crippen LogP contribution in [0.2, 0.25) is 10.0 Å². The van der Waals surface area contributed by atoms with Gasteiger partial charge in [0, 0.05) is 10.7 Å². The van der Waals surface area contributed by atoms with Gasteiger partial charge in [-0.15, -0.1) is 0 Å². The van der Waals surface area contributed by atoms with Crippen molar-refractivity contribution in [2.45, 2.75) is 0 Å². The van der Waals surface area contributed by atoms with Crippen LogP contribution in [0.5, 0.6) is 5.75 Å². The molecule has 0 saturated carbocycles. The van der Waals surface area contributed by atoms with Crippen molar-refractivity contribution in [1.82, 2.24) is 0 Å². The number of hydrogen-bond acceptors (Lipinski definition) is 3. The summed E-state index contributed by atoms with van der Waals surface area (Å²) in [5.74, 6) is -0.675. The van der Waals surface area contributed by atoms with Crippen molar-refractivity contribution in [2.75, 3.05) is 17.2 Å². The Hall–Kier alpha value is -2.44. The summed E-state index contributed by atoms with van der Waals surface area (Å²) in [5.41, 5.74) is 0.935. The molecule has 0 radical (unpaired) electrons. The molecule has 8 heteroatoms. The molecule has 0 unspecified atom stereocenters. The fraction of sp³-hybridized carbons (Fsp3) is 0.0667. The third-order valence-corrected chi connectivity index (χ3v) is 3.20. The molecule has 0 aromatic heterocycles. The van der Waals surface area contributed by atoms with Gasteiger partial charge >= 0.3 is 12.0 Å². The third kappa shape index (κ3) is 5.36. The van der Waals surface area contributed by atoms with Crippen molar-refractivity contribution in [2.24, 2.45) is 0 Å². The molecule has 0 heterocycles. The van der Waals surface area contributed by atoms with E-state index in [1.807, 2.05) is 0 Å². The molecule has 0 aliphatic heterocycles. The average molecular weight is 355 g/mol. The molecule has 0 saturated heterocycles. The van der Waals surface area contributed by atoms with E-state index in [0.717, 1.165) is 0 Å². The number of hydrogen-bond donors (Lipinski definition) is 3. The molecule has 23 heavy (non-hydrogen) atoms. The highest BCUT2D eigenvalue weighted by molar-refractivity contribution is 6.36. The predicted molar refractivity (Wildman–Crippen MR) is 88.7 cm³/mol. The highest BCUT2D eigenvalue weighted by Gasteiger charge is 2.07. The van der Waals surface area contributed by atoms with Gasteiger partial charge in [0.15, 0.2) is 6.61 Å². The Morgan fingerprint density at radius 2 is 1.74 bits per heavy atom. The van der Waals surface area contributed by atoms with E-state index in [0.29, 0.717) is 27.2 Å². The first kappa shape index (κ1) is 16.9. The second kappa shape index (κ2) is 7.71. The molecule has 6 nitrogen and oxygen atoms in total. The van der Waals surface area contributed by atoms with Gasteiger partial charge in [0.05, 0.1) is 10.7 Å². The summed E-state index contributed by atoms with van der Waals surface area (Å²) in [4.78, 5) is 22.3. The maximum absolute atomic E-state index is 11.9. The largest absolute Gasteiger partial charge is 0.482 e. The Labute approximate surface area is 142 Å². The van der Waals surface area contributed by atoms with Crippen LogP contribution in [0.4, 0.5) is 16.2 Å². The van der Waals surface area contributed by atoms with Gasteiger partial charge in [-0.05, 0) is 42.5 Å². The van der Waals surface area contributed by atoms with Crippen LogP contribution in [0.3, 0.4) is 0 Å². The molecule has 2 aromatic carbocycles.